The van der Waals surface area contributed by atoms with Crippen molar-refractivity contribution in [3.63, 3.8) is 0 Å². The average molecular weight is 850 g/mol. The predicted octanol–water partition coefficient (Wildman–Crippen LogP) is 17.3. The molecule has 9 aromatic rings. The lowest BCUT2D eigenvalue weighted by molar-refractivity contribution is 0.627. The number of aryl methyl sites for hydroxylation is 3. The Labute approximate surface area is 381 Å². The van der Waals surface area contributed by atoms with Gasteiger partial charge in [0, 0.05) is 56.6 Å². The fourth-order valence-electron chi connectivity index (χ4n) is 9.20. The van der Waals surface area contributed by atoms with E-state index < -0.39 is 0 Å². The highest BCUT2D eigenvalue weighted by atomic mass is 19.1. The van der Waals surface area contributed by atoms with Gasteiger partial charge in [0.2, 0.25) is 0 Å². The van der Waals surface area contributed by atoms with Crippen LogP contribution in [0, 0.1) is 32.4 Å². The van der Waals surface area contributed by atoms with Crippen molar-refractivity contribution in [3.8, 4) is 22.3 Å². The molecule has 0 saturated carbocycles. The Morgan fingerprint density at radius 2 is 0.523 bits per heavy atom. The summed E-state index contributed by atoms with van der Waals surface area (Å²) < 4.78 is 28.6. The Hall–Kier alpha value is -7.76. The van der Waals surface area contributed by atoms with Crippen LogP contribution >= 0.6 is 0 Å². The standard InChI is InChI=1S/C60H49F2N3/c1-40-6-20-47(21-7-40)63(48-22-8-41(2)9-23-48)50-26-12-43(13-27-50)44-14-28-51(29-15-44)65(53-32-18-46(62)19-33-53)55-35-37-57-56-36-34-54(38-58(56)60(4,5)59(57)39-55)64(49-24-10-42(3)11-25-49)52-30-16-45(61)17-31-52/h6-39H,1-5H3. The van der Waals surface area contributed by atoms with Gasteiger partial charge < -0.3 is 14.7 Å². The third-order valence-electron chi connectivity index (χ3n) is 12.8. The van der Waals surface area contributed by atoms with Gasteiger partial charge in [0.25, 0.3) is 0 Å². The Bertz CT molecular complexity index is 3030. The molecular weight excluding hydrogens is 801 g/mol. The van der Waals surface area contributed by atoms with Crippen molar-refractivity contribution >= 4 is 51.2 Å². The van der Waals surface area contributed by atoms with Gasteiger partial charge >= 0.3 is 0 Å². The lowest BCUT2D eigenvalue weighted by Gasteiger charge is -2.29. The monoisotopic (exact) mass is 849 g/mol. The van der Waals surface area contributed by atoms with E-state index in [4.69, 9.17) is 0 Å². The van der Waals surface area contributed by atoms with E-state index in [2.05, 4.69) is 207 Å². The molecule has 65 heavy (non-hydrogen) atoms. The zero-order chi connectivity index (χ0) is 44.8. The van der Waals surface area contributed by atoms with Crippen molar-refractivity contribution in [2.45, 2.75) is 40.0 Å². The van der Waals surface area contributed by atoms with Gasteiger partial charge in [-0.3, -0.25) is 0 Å². The van der Waals surface area contributed by atoms with Crippen LogP contribution in [0.4, 0.5) is 60.0 Å². The summed E-state index contributed by atoms with van der Waals surface area (Å²) in [7, 11) is 0. The fourth-order valence-corrected chi connectivity index (χ4v) is 9.20. The molecule has 9 aromatic carbocycles. The van der Waals surface area contributed by atoms with Crippen LogP contribution in [0.25, 0.3) is 22.3 Å². The number of nitrogens with zero attached hydrogens (tertiary/aromatic N) is 3. The Balaban J connectivity index is 0.980. The number of hydrogen-bond acceptors (Lipinski definition) is 3. The van der Waals surface area contributed by atoms with Crippen LogP contribution in [-0.4, -0.2) is 0 Å². The van der Waals surface area contributed by atoms with Crippen LogP contribution in [0.2, 0.25) is 0 Å². The van der Waals surface area contributed by atoms with Crippen LogP contribution in [0.5, 0.6) is 0 Å². The molecule has 10 rings (SSSR count). The van der Waals surface area contributed by atoms with Crippen LogP contribution in [0.15, 0.2) is 206 Å². The molecule has 0 radical (unpaired) electrons. The number of fused-ring (bicyclic) bond motifs is 3. The molecule has 5 heteroatoms. The second-order valence-electron chi connectivity index (χ2n) is 17.6. The van der Waals surface area contributed by atoms with Gasteiger partial charge in [-0.15, -0.1) is 0 Å². The summed E-state index contributed by atoms with van der Waals surface area (Å²) in [5.41, 5.74) is 19.2. The summed E-state index contributed by atoms with van der Waals surface area (Å²) in [6, 6.07) is 69.8. The number of anilines is 9. The van der Waals surface area contributed by atoms with Crippen molar-refractivity contribution in [1.29, 1.82) is 0 Å². The minimum atomic E-state index is -0.350. The van der Waals surface area contributed by atoms with Crippen LogP contribution in [-0.2, 0) is 5.41 Å². The van der Waals surface area contributed by atoms with Gasteiger partial charge in [-0.1, -0.05) is 103 Å². The summed E-state index contributed by atoms with van der Waals surface area (Å²) >= 11 is 0. The van der Waals surface area contributed by atoms with Gasteiger partial charge in [-0.25, -0.2) is 8.78 Å². The molecular formula is C60H49F2N3. The smallest absolute Gasteiger partial charge is 0.123 e. The van der Waals surface area contributed by atoms with Crippen LogP contribution in [0.1, 0.15) is 41.7 Å². The lowest BCUT2D eigenvalue weighted by atomic mass is 9.82. The number of benzene rings is 9. The van der Waals surface area contributed by atoms with E-state index in [1.807, 2.05) is 24.3 Å². The summed E-state index contributed by atoms with van der Waals surface area (Å²) in [4.78, 5) is 6.67. The Kier molecular flexibility index (Phi) is 10.6. The maximum absolute atomic E-state index is 14.4. The molecule has 0 bridgehead atoms. The molecule has 0 heterocycles. The van der Waals surface area contributed by atoms with E-state index in [0.717, 1.165) is 62.3 Å². The van der Waals surface area contributed by atoms with E-state index in [9.17, 15) is 8.78 Å². The normalized spacial score (nSPS) is 12.4. The molecule has 0 spiro atoms. The molecule has 0 saturated heterocycles. The first kappa shape index (κ1) is 41.3. The van der Waals surface area contributed by atoms with Crippen molar-refractivity contribution in [2.75, 3.05) is 14.7 Å². The van der Waals surface area contributed by atoms with E-state index >= 15 is 0 Å². The topological polar surface area (TPSA) is 9.72 Å². The van der Waals surface area contributed by atoms with E-state index in [1.165, 1.54) is 63.2 Å². The number of hydrogen-bond donors (Lipinski definition) is 0. The predicted molar refractivity (Wildman–Crippen MR) is 268 cm³/mol. The molecule has 318 valence electrons. The summed E-state index contributed by atoms with van der Waals surface area (Å²) in [6.07, 6.45) is 0. The summed E-state index contributed by atoms with van der Waals surface area (Å²) in [6.45, 7) is 10.9. The second kappa shape index (κ2) is 16.7. The minimum Gasteiger partial charge on any atom is -0.311 e. The van der Waals surface area contributed by atoms with Crippen molar-refractivity contribution < 1.29 is 8.78 Å². The van der Waals surface area contributed by atoms with Gasteiger partial charge in [-0.05, 0) is 188 Å². The highest BCUT2D eigenvalue weighted by Crippen LogP contribution is 2.52. The first-order valence-electron chi connectivity index (χ1n) is 22.1. The fraction of sp³-hybridized carbons (Fsp3) is 0.100. The molecule has 0 aliphatic heterocycles. The molecule has 0 fully saturated rings. The van der Waals surface area contributed by atoms with Crippen LogP contribution in [0.3, 0.4) is 0 Å². The first-order chi connectivity index (χ1) is 31.5. The van der Waals surface area contributed by atoms with Gasteiger partial charge in [0.1, 0.15) is 11.6 Å². The van der Waals surface area contributed by atoms with Gasteiger partial charge in [0.15, 0.2) is 0 Å². The van der Waals surface area contributed by atoms with Crippen LogP contribution < -0.4 is 14.7 Å². The van der Waals surface area contributed by atoms with Crippen molar-refractivity contribution in [3.05, 3.63) is 246 Å². The summed E-state index contributed by atoms with van der Waals surface area (Å²) in [5, 5.41) is 0. The molecule has 0 amide bonds. The quantitative estimate of drug-likeness (QED) is 0.136. The van der Waals surface area contributed by atoms with E-state index in [0.29, 0.717) is 0 Å². The zero-order valence-corrected chi connectivity index (χ0v) is 37.2. The van der Waals surface area contributed by atoms with Gasteiger partial charge in [-0.2, -0.15) is 0 Å². The lowest BCUT2D eigenvalue weighted by Crippen LogP contribution is -2.17. The Morgan fingerprint density at radius 3 is 0.815 bits per heavy atom. The molecule has 0 atom stereocenters. The Morgan fingerprint density at radius 1 is 0.292 bits per heavy atom. The largest absolute Gasteiger partial charge is 0.311 e. The third kappa shape index (κ3) is 7.95. The molecule has 0 unspecified atom stereocenters. The summed E-state index contributed by atoms with van der Waals surface area (Å²) in [5.74, 6) is -0.549. The molecule has 0 N–H and O–H groups in total. The average Bonchev–Trinajstić information content (AvgIpc) is 3.55. The maximum atomic E-state index is 14.4. The highest BCUT2D eigenvalue weighted by molar-refractivity contribution is 5.89. The minimum absolute atomic E-state index is 0.268. The van der Waals surface area contributed by atoms with E-state index in [1.54, 1.807) is 0 Å². The first-order valence-corrected chi connectivity index (χ1v) is 22.1. The number of rotatable bonds is 10. The van der Waals surface area contributed by atoms with Gasteiger partial charge in [0.05, 0.1) is 0 Å². The molecule has 1 aliphatic carbocycles. The zero-order valence-electron chi connectivity index (χ0n) is 37.2. The highest BCUT2D eigenvalue weighted by Gasteiger charge is 2.37. The maximum Gasteiger partial charge on any atom is 0.123 e. The molecule has 0 aromatic heterocycles. The molecule has 1 aliphatic rings. The second-order valence-corrected chi connectivity index (χ2v) is 17.6. The third-order valence-corrected chi connectivity index (χ3v) is 12.8. The molecule has 3 nitrogen and oxygen atoms in total. The van der Waals surface area contributed by atoms with E-state index in [-0.39, 0.29) is 17.0 Å². The van der Waals surface area contributed by atoms with Crippen molar-refractivity contribution in [1.82, 2.24) is 0 Å². The SMILES string of the molecule is Cc1ccc(N(c2ccc(C)cc2)c2ccc(-c3ccc(N(c4ccc(F)cc4)c4ccc5c(c4)C(C)(C)c4cc(N(c6ccc(C)cc6)c6ccc(F)cc6)ccc4-5)cc3)cc2)cc1. The number of halogens is 2. The van der Waals surface area contributed by atoms with Crippen molar-refractivity contribution in [2.24, 2.45) is 0 Å².